The van der Waals surface area contributed by atoms with Crippen LogP contribution in [0.1, 0.15) is 26.7 Å². The van der Waals surface area contributed by atoms with E-state index in [0.717, 1.165) is 12.8 Å². The lowest BCUT2D eigenvalue weighted by atomic mass is 10.0. The van der Waals surface area contributed by atoms with Crippen LogP contribution in [-0.4, -0.2) is 17.0 Å². The second kappa shape index (κ2) is 6.23. The molecule has 19 heavy (non-hydrogen) atoms. The number of para-hydroxylation sites is 1. The van der Waals surface area contributed by atoms with E-state index in [1.807, 2.05) is 30.5 Å². The summed E-state index contributed by atoms with van der Waals surface area (Å²) in [4.78, 5) is 13.8. The number of ether oxygens (including phenoxy) is 1. The van der Waals surface area contributed by atoms with E-state index < -0.39 is 0 Å². The molecule has 0 saturated carbocycles. The van der Waals surface area contributed by atoms with Gasteiger partial charge in [-0.1, -0.05) is 38.1 Å². The van der Waals surface area contributed by atoms with Crippen molar-refractivity contribution >= 4 is 6.09 Å². The number of rotatable bonds is 3. The zero-order chi connectivity index (χ0) is 13.7. The van der Waals surface area contributed by atoms with Crippen molar-refractivity contribution in [1.82, 2.24) is 4.90 Å². The molecule has 0 saturated heterocycles. The summed E-state index contributed by atoms with van der Waals surface area (Å²) in [5.41, 5.74) is 1.26. The Labute approximate surface area is 114 Å². The number of carbonyl (C=O) groups excluding carboxylic acids is 1. The molecule has 100 valence electrons. The van der Waals surface area contributed by atoms with Crippen molar-refractivity contribution in [3.8, 4) is 5.75 Å². The van der Waals surface area contributed by atoms with Crippen LogP contribution in [0.5, 0.6) is 5.75 Å². The molecule has 1 heterocycles. The highest BCUT2D eigenvalue weighted by Gasteiger charge is 2.23. The Hall–Kier alpha value is -2.03. The van der Waals surface area contributed by atoms with Gasteiger partial charge in [0.25, 0.3) is 0 Å². The molecule has 1 amide bonds. The molecule has 1 aromatic carbocycles. The Morgan fingerprint density at radius 2 is 2.00 bits per heavy atom. The van der Waals surface area contributed by atoms with E-state index in [0.29, 0.717) is 5.75 Å². The van der Waals surface area contributed by atoms with Crippen LogP contribution in [0.4, 0.5) is 4.79 Å². The summed E-state index contributed by atoms with van der Waals surface area (Å²) in [6.07, 6.45) is 7.44. The molecule has 1 atom stereocenters. The van der Waals surface area contributed by atoms with E-state index in [1.165, 1.54) is 5.57 Å². The largest absolute Gasteiger partial charge is 0.419 e. The van der Waals surface area contributed by atoms with Gasteiger partial charge >= 0.3 is 6.09 Å². The quantitative estimate of drug-likeness (QED) is 0.814. The van der Waals surface area contributed by atoms with Crippen LogP contribution in [0.15, 0.2) is 54.3 Å². The van der Waals surface area contributed by atoms with Gasteiger partial charge in [-0.15, -0.1) is 0 Å². The third-order valence-corrected chi connectivity index (χ3v) is 3.20. The smallest absolute Gasteiger partial charge is 0.410 e. The Balaban J connectivity index is 2.07. The van der Waals surface area contributed by atoms with E-state index in [4.69, 9.17) is 4.74 Å². The third-order valence-electron chi connectivity index (χ3n) is 3.20. The van der Waals surface area contributed by atoms with Gasteiger partial charge in [0.05, 0.1) is 6.04 Å². The minimum absolute atomic E-state index is 0.0798. The van der Waals surface area contributed by atoms with Crippen molar-refractivity contribution in [2.45, 2.75) is 32.7 Å². The molecule has 0 radical (unpaired) electrons. The van der Waals surface area contributed by atoms with E-state index >= 15 is 0 Å². The molecule has 0 aliphatic carbocycles. The highest BCUT2D eigenvalue weighted by molar-refractivity contribution is 5.73. The average Bonchev–Trinajstić information content (AvgIpc) is 2.47. The van der Waals surface area contributed by atoms with Gasteiger partial charge in [-0.2, -0.15) is 0 Å². The predicted octanol–water partition coefficient (Wildman–Crippen LogP) is 4.13. The van der Waals surface area contributed by atoms with Crippen molar-refractivity contribution in [3.63, 3.8) is 0 Å². The van der Waals surface area contributed by atoms with Crippen LogP contribution in [0.3, 0.4) is 0 Å². The lowest BCUT2D eigenvalue weighted by Gasteiger charge is -2.28. The summed E-state index contributed by atoms with van der Waals surface area (Å²) in [6, 6.07) is 9.22. The predicted molar refractivity (Wildman–Crippen MR) is 75.9 cm³/mol. The molecule has 3 nitrogen and oxygen atoms in total. The van der Waals surface area contributed by atoms with Gasteiger partial charge in [0.15, 0.2) is 0 Å². The minimum Gasteiger partial charge on any atom is -0.410 e. The summed E-state index contributed by atoms with van der Waals surface area (Å²) in [6.45, 7) is 4.18. The topological polar surface area (TPSA) is 29.5 Å². The number of benzene rings is 1. The lowest BCUT2D eigenvalue weighted by molar-refractivity contribution is 0.160. The van der Waals surface area contributed by atoms with Gasteiger partial charge in [0.2, 0.25) is 0 Å². The molecule has 1 aliphatic heterocycles. The molecule has 0 aromatic heterocycles. The van der Waals surface area contributed by atoms with Crippen LogP contribution in [0.2, 0.25) is 0 Å². The first-order chi connectivity index (χ1) is 9.24. The molecule has 1 aromatic rings. The Morgan fingerprint density at radius 1 is 1.26 bits per heavy atom. The molecule has 0 N–H and O–H groups in total. The summed E-state index contributed by atoms with van der Waals surface area (Å²) in [5, 5.41) is 0. The number of carbonyl (C=O) groups is 1. The first-order valence-corrected chi connectivity index (χ1v) is 6.68. The third kappa shape index (κ3) is 3.25. The zero-order valence-electron chi connectivity index (χ0n) is 11.4. The van der Waals surface area contributed by atoms with E-state index in [-0.39, 0.29) is 12.1 Å². The summed E-state index contributed by atoms with van der Waals surface area (Å²) < 4.78 is 5.36. The van der Waals surface area contributed by atoms with Crippen LogP contribution >= 0.6 is 0 Å². The van der Waals surface area contributed by atoms with Crippen molar-refractivity contribution in [3.05, 3.63) is 54.3 Å². The van der Waals surface area contributed by atoms with Crippen LogP contribution in [-0.2, 0) is 0 Å². The lowest BCUT2D eigenvalue weighted by Crippen LogP contribution is -2.38. The first kappa shape index (κ1) is 13.4. The minimum atomic E-state index is -0.333. The summed E-state index contributed by atoms with van der Waals surface area (Å²) >= 11 is 0. The fourth-order valence-corrected chi connectivity index (χ4v) is 2.06. The second-order valence-corrected chi connectivity index (χ2v) is 4.47. The highest BCUT2D eigenvalue weighted by atomic mass is 16.6. The summed E-state index contributed by atoms with van der Waals surface area (Å²) in [5.74, 6) is 0.570. The van der Waals surface area contributed by atoms with Crippen molar-refractivity contribution in [2.24, 2.45) is 0 Å². The van der Waals surface area contributed by atoms with Gasteiger partial charge in [-0.3, -0.25) is 4.90 Å². The average molecular weight is 257 g/mol. The fraction of sp³-hybridized carbons (Fsp3) is 0.312. The highest BCUT2D eigenvalue weighted by Crippen LogP contribution is 2.20. The maximum atomic E-state index is 12.2. The molecule has 3 heteroatoms. The maximum absolute atomic E-state index is 12.2. The molecule has 0 spiro atoms. The number of nitrogens with zero attached hydrogens (tertiary/aromatic N) is 1. The Bertz CT molecular complexity index is 491. The van der Waals surface area contributed by atoms with Crippen LogP contribution in [0.25, 0.3) is 0 Å². The molecule has 1 aliphatic rings. The Morgan fingerprint density at radius 3 is 2.63 bits per heavy atom. The van der Waals surface area contributed by atoms with E-state index in [1.54, 1.807) is 17.0 Å². The molecular weight excluding hydrogens is 238 g/mol. The Kier molecular flexibility index (Phi) is 4.39. The van der Waals surface area contributed by atoms with Crippen LogP contribution in [0, 0.1) is 0 Å². The van der Waals surface area contributed by atoms with Gasteiger partial charge in [-0.05, 0) is 36.6 Å². The van der Waals surface area contributed by atoms with E-state index in [2.05, 4.69) is 19.9 Å². The maximum Gasteiger partial charge on any atom is 0.419 e. The number of hydrogen-bond acceptors (Lipinski definition) is 2. The molecule has 0 fully saturated rings. The van der Waals surface area contributed by atoms with Gasteiger partial charge < -0.3 is 4.74 Å². The van der Waals surface area contributed by atoms with Gasteiger partial charge in [-0.25, -0.2) is 4.79 Å². The first-order valence-electron chi connectivity index (χ1n) is 6.68. The molecule has 1 unspecified atom stereocenters. The molecular formula is C16H19NO2. The second-order valence-electron chi connectivity index (χ2n) is 4.47. The normalized spacial score (nSPS) is 18.1. The molecule has 0 bridgehead atoms. The van der Waals surface area contributed by atoms with E-state index in [9.17, 15) is 4.79 Å². The summed E-state index contributed by atoms with van der Waals surface area (Å²) in [7, 11) is 0. The number of hydrogen-bond donors (Lipinski definition) is 0. The van der Waals surface area contributed by atoms with Crippen molar-refractivity contribution in [1.29, 1.82) is 0 Å². The fourth-order valence-electron chi connectivity index (χ4n) is 2.06. The van der Waals surface area contributed by atoms with Gasteiger partial charge in [0.1, 0.15) is 5.75 Å². The van der Waals surface area contributed by atoms with Crippen molar-refractivity contribution in [2.75, 3.05) is 0 Å². The SMILES string of the molecule is CCC1=CC(CC)N(C(=O)Oc2ccccc2)C=C1. The standard InChI is InChI=1S/C16H19NO2/c1-3-13-10-11-17(14(4-2)12-13)16(18)19-15-8-6-5-7-9-15/h5-12,14H,3-4H2,1-2H3. The van der Waals surface area contributed by atoms with Gasteiger partial charge in [0, 0.05) is 6.20 Å². The number of amides is 1. The zero-order valence-corrected chi connectivity index (χ0v) is 11.4. The number of allylic oxidation sites excluding steroid dienone is 2. The van der Waals surface area contributed by atoms with Crippen molar-refractivity contribution < 1.29 is 9.53 Å². The van der Waals surface area contributed by atoms with Crippen LogP contribution < -0.4 is 4.74 Å². The monoisotopic (exact) mass is 257 g/mol. The molecule has 2 rings (SSSR count).